The van der Waals surface area contributed by atoms with Crippen LogP contribution in [0.25, 0.3) is 0 Å². The number of likely N-dealkylation sites (tertiary alicyclic amines) is 1. The zero-order chi connectivity index (χ0) is 9.68. The molecule has 1 saturated heterocycles. The van der Waals surface area contributed by atoms with E-state index in [2.05, 4.69) is 31.1 Å². The van der Waals surface area contributed by atoms with Gasteiger partial charge in [-0.2, -0.15) is 0 Å². The van der Waals surface area contributed by atoms with Gasteiger partial charge in [0.15, 0.2) is 0 Å². The Morgan fingerprint density at radius 2 is 2.00 bits per heavy atom. The van der Waals surface area contributed by atoms with Crippen molar-refractivity contribution in [3.63, 3.8) is 0 Å². The maximum absolute atomic E-state index is 3.71. The predicted octanol–water partition coefficient (Wildman–Crippen LogP) is 1.86. The van der Waals surface area contributed by atoms with Crippen molar-refractivity contribution < 1.29 is 0 Å². The standard InChI is InChI=1S/C11H24N2/c1-4-5-10(2)12-11-6-8-13(3)9-7-11/h10-12H,4-9H2,1-3H3. The molecule has 1 atom stereocenters. The molecule has 0 aromatic carbocycles. The molecule has 0 amide bonds. The van der Waals surface area contributed by atoms with Gasteiger partial charge in [-0.25, -0.2) is 0 Å². The average molecular weight is 184 g/mol. The maximum atomic E-state index is 3.71. The second-order valence-corrected chi connectivity index (χ2v) is 4.43. The monoisotopic (exact) mass is 184 g/mol. The molecule has 1 fully saturated rings. The maximum Gasteiger partial charge on any atom is 0.00938 e. The van der Waals surface area contributed by atoms with E-state index in [9.17, 15) is 0 Å². The highest BCUT2D eigenvalue weighted by atomic mass is 15.1. The van der Waals surface area contributed by atoms with Gasteiger partial charge in [-0.05, 0) is 46.3 Å². The Morgan fingerprint density at radius 3 is 2.54 bits per heavy atom. The van der Waals surface area contributed by atoms with Crippen LogP contribution in [0.4, 0.5) is 0 Å². The summed E-state index contributed by atoms with van der Waals surface area (Å²) < 4.78 is 0. The van der Waals surface area contributed by atoms with E-state index in [4.69, 9.17) is 0 Å². The SMILES string of the molecule is CCCC(C)NC1CCN(C)CC1. The molecule has 13 heavy (non-hydrogen) atoms. The third-order valence-electron chi connectivity index (χ3n) is 2.96. The summed E-state index contributed by atoms with van der Waals surface area (Å²) >= 11 is 0. The normalized spacial score (nSPS) is 23.3. The Kier molecular flexibility index (Phi) is 4.74. The van der Waals surface area contributed by atoms with Gasteiger partial charge in [-0.15, -0.1) is 0 Å². The number of rotatable bonds is 4. The molecule has 1 rings (SSSR count). The smallest absolute Gasteiger partial charge is 0.00938 e. The second kappa shape index (κ2) is 5.61. The van der Waals surface area contributed by atoms with Crippen molar-refractivity contribution >= 4 is 0 Å². The molecule has 1 N–H and O–H groups in total. The van der Waals surface area contributed by atoms with Crippen molar-refractivity contribution in [1.29, 1.82) is 0 Å². The Hall–Kier alpha value is -0.0800. The van der Waals surface area contributed by atoms with Crippen molar-refractivity contribution in [2.24, 2.45) is 0 Å². The Bertz CT molecular complexity index is 128. The van der Waals surface area contributed by atoms with E-state index in [1.54, 1.807) is 0 Å². The summed E-state index contributed by atoms with van der Waals surface area (Å²) in [5.41, 5.74) is 0. The summed E-state index contributed by atoms with van der Waals surface area (Å²) in [5.74, 6) is 0. The summed E-state index contributed by atoms with van der Waals surface area (Å²) in [6, 6.07) is 1.48. The van der Waals surface area contributed by atoms with Crippen LogP contribution in [0, 0.1) is 0 Å². The minimum Gasteiger partial charge on any atom is -0.311 e. The first-order valence-corrected chi connectivity index (χ1v) is 5.67. The molecule has 2 heteroatoms. The first-order chi connectivity index (χ1) is 6.22. The van der Waals surface area contributed by atoms with Crippen LogP contribution >= 0.6 is 0 Å². The minimum atomic E-state index is 0.707. The van der Waals surface area contributed by atoms with Gasteiger partial charge < -0.3 is 10.2 Å². The minimum absolute atomic E-state index is 0.707. The number of nitrogens with zero attached hydrogens (tertiary/aromatic N) is 1. The molecule has 0 aromatic rings. The molecule has 0 spiro atoms. The molecule has 78 valence electrons. The van der Waals surface area contributed by atoms with Gasteiger partial charge in [0.25, 0.3) is 0 Å². The molecule has 0 radical (unpaired) electrons. The molecule has 1 unspecified atom stereocenters. The third-order valence-corrected chi connectivity index (χ3v) is 2.96. The number of hydrogen-bond acceptors (Lipinski definition) is 2. The average Bonchev–Trinajstić information content (AvgIpc) is 2.09. The van der Waals surface area contributed by atoms with Crippen LogP contribution in [0.5, 0.6) is 0 Å². The van der Waals surface area contributed by atoms with Crippen molar-refractivity contribution in [1.82, 2.24) is 10.2 Å². The highest BCUT2D eigenvalue weighted by molar-refractivity contribution is 4.77. The zero-order valence-corrected chi connectivity index (χ0v) is 9.34. The van der Waals surface area contributed by atoms with Crippen LogP contribution in [-0.2, 0) is 0 Å². The van der Waals surface area contributed by atoms with Gasteiger partial charge >= 0.3 is 0 Å². The van der Waals surface area contributed by atoms with E-state index in [-0.39, 0.29) is 0 Å². The van der Waals surface area contributed by atoms with Crippen molar-refractivity contribution in [2.45, 2.75) is 51.6 Å². The lowest BCUT2D eigenvalue weighted by atomic mass is 10.0. The quantitative estimate of drug-likeness (QED) is 0.717. The van der Waals surface area contributed by atoms with Gasteiger partial charge in [0, 0.05) is 12.1 Å². The van der Waals surface area contributed by atoms with Crippen LogP contribution in [0.1, 0.15) is 39.5 Å². The van der Waals surface area contributed by atoms with Crippen LogP contribution in [-0.4, -0.2) is 37.1 Å². The largest absolute Gasteiger partial charge is 0.311 e. The lowest BCUT2D eigenvalue weighted by molar-refractivity contribution is 0.224. The summed E-state index contributed by atoms with van der Waals surface area (Å²) in [6.07, 6.45) is 5.25. The van der Waals surface area contributed by atoms with Crippen LogP contribution < -0.4 is 5.32 Å². The van der Waals surface area contributed by atoms with Gasteiger partial charge in [0.1, 0.15) is 0 Å². The fourth-order valence-corrected chi connectivity index (χ4v) is 2.09. The molecule has 2 nitrogen and oxygen atoms in total. The Balaban J connectivity index is 2.14. The highest BCUT2D eigenvalue weighted by Gasteiger charge is 2.17. The number of nitrogens with one attached hydrogen (secondary N) is 1. The summed E-state index contributed by atoms with van der Waals surface area (Å²) in [4.78, 5) is 2.42. The number of piperidine rings is 1. The van der Waals surface area contributed by atoms with Crippen LogP contribution in [0.15, 0.2) is 0 Å². The lowest BCUT2D eigenvalue weighted by Gasteiger charge is -2.31. The fraction of sp³-hybridized carbons (Fsp3) is 1.00. The molecular weight excluding hydrogens is 160 g/mol. The van der Waals surface area contributed by atoms with Crippen LogP contribution in [0.3, 0.4) is 0 Å². The Labute approximate surface area is 82.7 Å². The highest BCUT2D eigenvalue weighted by Crippen LogP contribution is 2.09. The first kappa shape index (κ1) is 11.0. The van der Waals surface area contributed by atoms with Gasteiger partial charge in [-0.3, -0.25) is 0 Å². The molecule has 0 aliphatic carbocycles. The fourth-order valence-electron chi connectivity index (χ4n) is 2.09. The molecule has 0 saturated carbocycles. The molecular formula is C11H24N2. The topological polar surface area (TPSA) is 15.3 Å². The predicted molar refractivity (Wildman–Crippen MR) is 58.0 cm³/mol. The van der Waals surface area contributed by atoms with E-state index in [1.165, 1.54) is 38.8 Å². The van der Waals surface area contributed by atoms with E-state index < -0.39 is 0 Å². The lowest BCUT2D eigenvalue weighted by Crippen LogP contribution is -2.44. The third kappa shape index (κ3) is 4.10. The van der Waals surface area contributed by atoms with Crippen molar-refractivity contribution in [2.75, 3.05) is 20.1 Å². The van der Waals surface area contributed by atoms with Crippen molar-refractivity contribution in [3.05, 3.63) is 0 Å². The Morgan fingerprint density at radius 1 is 1.38 bits per heavy atom. The van der Waals surface area contributed by atoms with Gasteiger partial charge in [0.05, 0.1) is 0 Å². The zero-order valence-electron chi connectivity index (χ0n) is 9.34. The van der Waals surface area contributed by atoms with E-state index in [1.807, 2.05) is 0 Å². The molecule has 0 bridgehead atoms. The second-order valence-electron chi connectivity index (χ2n) is 4.43. The number of hydrogen-bond donors (Lipinski definition) is 1. The molecule has 1 heterocycles. The summed E-state index contributed by atoms with van der Waals surface area (Å²) in [6.45, 7) is 7.08. The van der Waals surface area contributed by atoms with Gasteiger partial charge in [-0.1, -0.05) is 13.3 Å². The van der Waals surface area contributed by atoms with Crippen LogP contribution in [0.2, 0.25) is 0 Å². The van der Waals surface area contributed by atoms with E-state index in [0.29, 0.717) is 6.04 Å². The van der Waals surface area contributed by atoms with E-state index in [0.717, 1.165) is 6.04 Å². The summed E-state index contributed by atoms with van der Waals surface area (Å²) in [7, 11) is 2.21. The molecule has 1 aliphatic heterocycles. The molecule has 0 aromatic heterocycles. The van der Waals surface area contributed by atoms with Crippen molar-refractivity contribution in [3.8, 4) is 0 Å². The first-order valence-electron chi connectivity index (χ1n) is 5.67. The summed E-state index contributed by atoms with van der Waals surface area (Å²) in [5, 5.41) is 3.71. The van der Waals surface area contributed by atoms with E-state index >= 15 is 0 Å². The van der Waals surface area contributed by atoms with Gasteiger partial charge in [0.2, 0.25) is 0 Å². The molecule has 1 aliphatic rings.